The monoisotopic (exact) mass is 1100 g/mol. The number of rotatable bonds is 5. The Kier molecular flexibility index (Phi) is 38.5. The Balaban J connectivity index is -0.000000399. The second-order valence-corrected chi connectivity index (χ2v) is 30.7. The average Bonchev–Trinajstić information content (AvgIpc) is 3.91. The molecule has 1 aromatic heterocycles. The quantitative estimate of drug-likeness (QED) is 0.239. The molecule has 0 N–H and O–H groups in total. The maximum atomic E-state index is 11.6. The number of aryl methyl sites for hydroxylation is 1. The molecule has 0 saturated heterocycles. The summed E-state index contributed by atoms with van der Waals surface area (Å²) in [6.45, 7) is 57.2. The molecule has 77 heavy (non-hydrogen) atoms. The smallest absolute Gasteiger partial charge is 0.389 e. The average molecular weight is 1100 g/mol. The lowest BCUT2D eigenvalue weighted by Crippen LogP contribution is -2.18. The molecule has 442 valence electrons. The Morgan fingerprint density at radius 2 is 0.974 bits per heavy atom. The summed E-state index contributed by atoms with van der Waals surface area (Å²) in [5, 5.41) is 4.64. The maximum Gasteiger partial charge on any atom is 0.389 e. The number of ether oxygens (including phenoxy) is 1. The summed E-state index contributed by atoms with van der Waals surface area (Å²) in [5.41, 5.74) is 5.69. The van der Waals surface area contributed by atoms with Crippen LogP contribution in [-0.2, 0) is 19.3 Å². The molecule has 0 unspecified atom stereocenters. The molecule has 7 heteroatoms. The molecule has 0 atom stereocenters. The first-order chi connectivity index (χ1) is 34.4. The minimum absolute atomic E-state index is 0.284. The van der Waals surface area contributed by atoms with Crippen LogP contribution in [0.15, 0.2) is 59.1 Å². The van der Waals surface area contributed by atoms with Crippen LogP contribution in [-0.4, -0.2) is 18.4 Å². The number of nitrogens with zero attached hydrogens (tertiary/aromatic N) is 1. The number of benzene rings is 2. The van der Waals surface area contributed by atoms with Gasteiger partial charge in [0.1, 0.15) is 11.5 Å². The van der Waals surface area contributed by atoms with Gasteiger partial charge >= 0.3 is 6.18 Å². The van der Waals surface area contributed by atoms with Gasteiger partial charge in [-0.1, -0.05) is 227 Å². The van der Waals surface area contributed by atoms with Crippen LogP contribution >= 0.6 is 11.6 Å². The van der Waals surface area contributed by atoms with Crippen LogP contribution in [0.4, 0.5) is 13.2 Å². The van der Waals surface area contributed by atoms with Crippen molar-refractivity contribution in [1.29, 1.82) is 0 Å². The van der Waals surface area contributed by atoms with E-state index in [0.717, 1.165) is 73.1 Å². The topological polar surface area (TPSA) is 35.3 Å². The highest BCUT2D eigenvalue weighted by molar-refractivity contribution is 6.30. The van der Waals surface area contributed by atoms with E-state index in [0.29, 0.717) is 32.5 Å². The lowest BCUT2D eigenvalue weighted by molar-refractivity contribution is -0.152. The molecule has 1 heterocycles. The van der Waals surface area contributed by atoms with E-state index in [-0.39, 0.29) is 5.41 Å². The van der Waals surface area contributed by atoms with Gasteiger partial charge in [0.15, 0.2) is 0 Å². The van der Waals surface area contributed by atoms with Gasteiger partial charge in [-0.15, -0.1) is 36.0 Å². The zero-order valence-corrected chi connectivity index (χ0v) is 55.7. The highest BCUT2D eigenvalue weighted by atomic mass is 35.5. The van der Waals surface area contributed by atoms with E-state index >= 15 is 0 Å². The van der Waals surface area contributed by atoms with Gasteiger partial charge < -0.3 is 9.26 Å². The zero-order valence-electron chi connectivity index (χ0n) is 54.9. The minimum atomic E-state index is -4.02. The molecule has 0 amide bonds. The van der Waals surface area contributed by atoms with Crippen LogP contribution in [0, 0.1) is 92.2 Å². The van der Waals surface area contributed by atoms with E-state index < -0.39 is 18.0 Å². The Morgan fingerprint density at radius 1 is 0.571 bits per heavy atom. The fourth-order valence-electron chi connectivity index (χ4n) is 6.49. The fourth-order valence-corrected chi connectivity index (χ4v) is 6.62. The van der Waals surface area contributed by atoms with Crippen molar-refractivity contribution in [2.75, 3.05) is 7.11 Å². The number of hydrogen-bond donors (Lipinski definition) is 0. The third-order valence-electron chi connectivity index (χ3n) is 9.60. The Morgan fingerprint density at radius 3 is 1.19 bits per heavy atom. The number of terminal acetylenes is 1. The van der Waals surface area contributed by atoms with Crippen molar-refractivity contribution in [2.24, 2.45) is 49.2 Å². The van der Waals surface area contributed by atoms with Gasteiger partial charge in [0.05, 0.1) is 12.8 Å². The summed E-state index contributed by atoms with van der Waals surface area (Å²) >= 11 is 5.78. The van der Waals surface area contributed by atoms with Gasteiger partial charge in [0, 0.05) is 49.6 Å². The number of alkyl halides is 3. The van der Waals surface area contributed by atoms with Gasteiger partial charge in [0.25, 0.3) is 0 Å². The summed E-state index contributed by atoms with van der Waals surface area (Å²) < 4.78 is 44.8. The van der Waals surface area contributed by atoms with Crippen LogP contribution in [0.25, 0.3) is 0 Å². The number of aromatic nitrogens is 1. The molecule has 2 aromatic carbocycles. The third-order valence-corrected chi connectivity index (χ3v) is 9.85. The highest BCUT2D eigenvalue weighted by Crippen LogP contribution is 2.39. The van der Waals surface area contributed by atoms with Crippen LogP contribution in [0.3, 0.4) is 0 Å². The predicted octanol–water partition coefficient (Wildman–Crippen LogP) is 22.9. The Hall–Kier alpha value is -3.79. The lowest BCUT2D eigenvalue weighted by Gasteiger charge is -2.19. The fraction of sp³-hybridized carbons (Fsp3) is 0.700. The van der Waals surface area contributed by atoms with Crippen molar-refractivity contribution in [3.05, 3.63) is 82.2 Å². The molecule has 1 fully saturated rings. The second-order valence-electron chi connectivity index (χ2n) is 30.2. The zero-order chi connectivity index (χ0) is 61.3. The van der Waals surface area contributed by atoms with Gasteiger partial charge in [-0.3, -0.25) is 0 Å². The SMILES string of the molecule is C#CCC(C)(C)C.CC#CCC(C)(C)C.CC(C)(C)CC(F)(F)F.CC(C)(C)CC1CC1.CC(C)(C)Cc1ccc(Cl)cc1.CCC#CCC(C)(C)C.COc1ccc(CC(C)(C)C)cc1.Cc1cc(CC(C)(C)C)on1. The molecule has 0 bridgehead atoms. The van der Waals surface area contributed by atoms with Crippen molar-refractivity contribution in [3.63, 3.8) is 0 Å². The maximum absolute atomic E-state index is 11.6. The molecule has 0 spiro atoms. The molecule has 4 rings (SSSR count). The molecule has 3 aromatic rings. The number of methoxy groups -OCH3 is 1. The van der Waals surface area contributed by atoms with E-state index in [4.69, 9.17) is 27.3 Å². The lowest BCUT2D eigenvalue weighted by atomic mass is 9.88. The van der Waals surface area contributed by atoms with Crippen LogP contribution in [0.5, 0.6) is 5.75 Å². The summed E-state index contributed by atoms with van der Waals surface area (Å²) in [7, 11) is 1.69. The van der Waals surface area contributed by atoms with Crippen molar-refractivity contribution in [3.8, 4) is 41.8 Å². The summed E-state index contributed by atoms with van der Waals surface area (Å²) in [4.78, 5) is 0. The highest BCUT2D eigenvalue weighted by Gasteiger charge is 2.33. The van der Waals surface area contributed by atoms with Crippen molar-refractivity contribution >= 4 is 11.6 Å². The van der Waals surface area contributed by atoms with Crippen molar-refractivity contribution in [2.45, 2.75) is 264 Å². The van der Waals surface area contributed by atoms with Crippen LogP contribution in [0.1, 0.15) is 254 Å². The predicted molar refractivity (Wildman–Crippen MR) is 335 cm³/mol. The molecule has 1 saturated carbocycles. The summed E-state index contributed by atoms with van der Waals surface area (Å²) in [6.07, 6.45) is 11.8. The summed E-state index contributed by atoms with van der Waals surface area (Å²) in [5.74, 6) is 17.7. The van der Waals surface area contributed by atoms with Gasteiger partial charge in [-0.25, -0.2) is 0 Å². The Labute approximate surface area is 481 Å². The molecule has 1 aliphatic rings. The molecule has 3 nitrogen and oxygen atoms in total. The molecule has 1 aliphatic carbocycles. The van der Waals surface area contributed by atoms with E-state index in [9.17, 15) is 13.2 Å². The van der Waals surface area contributed by atoms with Crippen molar-refractivity contribution in [1.82, 2.24) is 5.16 Å². The first kappa shape index (κ1) is 79.7. The molecular weight excluding hydrogens is 979 g/mol. The minimum Gasteiger partial charge on any atom is -0.497 e. The van der Waals surface area contributed by atoms with E-state index in [1.54, 1.807) is 27.9 Å². The molecular formula is C70H117ClF3NO2. The van der Waals surface area contributed by atoms with Gasteiger partial charge in [-0.2, -0.15) is 13.2 Å². The summed E-state index contributed by atoms with van der Waals surface area (Å²) in [6, 6.07) is 18.4. The second kappa shape index (κ2) is 37.2. The largest absolute Gasteiger partial charge is 0.497 e. The van der Waals surface area contributed by atoms with E-state index in [2.05, 4.69) is 211 Å². The van der Waals surface area contributed by atoms with Gasteiger partial charge in [-0.05, 0) is 118 Å². The molecule has 0 radical (unpaired) electrons. The Bertz CT molecular complexity index is 2090. The number of hydrogen-bond acceptors (Lipinski definition) is 3. The van der Waals surface area contributed by atoms with Crippen molar-refractivity contribution < 1.29 is 22.4 Å². The van der Waals surface area contributed by atoms with Gasteiger partial charge in [0.2, 0.25) is 0 Å². The standard InChI is InChI=1S/C12H18O.C11H15Cl.C9H15NO.C9H16.C8H16.C8H14.C7H12.C6H11F3/c1-12(2,3)9-10-5-7-11(13-4)8-6-10;1-11(2,3)8-9-4-6-10(12)7-5-9;1-7-5-8(11-10-7)6-9(2,3)4;1-5-6-7-8-9(2,3)4;1-8(2,3)6-7-4-5-7;1-5-6-7-8(2,3)4;1-5-6-7(2,3)4;1-5(2,3)4-6(7,8)9/h5-8H,9H2,1-4H3;4-7H,8H2,1-3H3;5H,6H2,1-4H3;5,8H2,1-4H3;7H,4-6H2,1-3H3;7H2,1-4H3;1H,6H2,2-4H3;4H2,1-3H3. The first-order valence-corrected chi connectivity index (χ1v) is 28.5. The first-order valence-electron chi connectivity index (χ1n) is 28.1. The molecule has 0 aliphatic heterocycles. The van der Waals surface area contributed by atoms with E-state index in [1.807, 2.05) is 44.2 Å². The van der Waals surface area contributed by atoms with E-state index in [1.165, 1.54) is 30.4 Å². The van der Waals surface area contributed by atoms with Crippen LogP contribution < -0.4 is 4.74 Å². The third kappa shape index (κ3) is 70.2. The normalized spacial score (nSPS) is 12.5. The van der Waals surface area contributed by atoms with Crippen LogP contribution in [0.2, 0.25) is 5.02 Å². The number of halogens is 4.